The van der Waals surface area contributed by atoms with Crippen molar-refractivity contribution >= 4 is 34.6 Å². The van der Waals surface area contributed by atoms with Crippen LogP contribution >= 0.6 is 0 Å². The third-order valence-electron chi connectivity index (χ3n) is 9.61. The quantitative estimate of drug-likeness (QED) is 0.261. The molecule has 15 heteroatoms. The Morgan fingerprint density at radius 3 is 2.50 bits per heavy atom. The van der Waals surface area contributed by atoms with Crippen LogP contribution in [-0.2, 0) is 16.6 Å². The number of hydrogen-bond acceptors (Lipinski definition) is 9. The van der Waals surface area contributed by atoms with Crippen LogP contribution in [0.5, 0.6) is 5.88 Å². The number of aryl methyl sites for hydroxylation is 1. The first-order valence-corrected chi connectivity index (χ1v) is 16.3. The van der Waals surface area contributed by atoms with E-state index in [0.29, 0.717) is 57.2 Å². The molecular formula is C35H35F2N10O3-. The highest BCUT2D eigenvalue weighted by atomic mass is 19.3. The van der Waals surface area contributed by atoms with Crippen LogP contribution in [0.4, 0.5) is 20.3 Å². The van der Waals surface area contributed by atoms with Gasteiger partial charge in [-0.25, -0.2) is 15.0 Å². The van der Waals surface area contributed by atoms with E-state index in [-0.39, 0.29) is 46.9 Å². The smallest absolute Gasteiger partial charge is 0.388 e. The van der Waals surface area contributed by atoms with Crippen molar-refractivity contribution in [3.63, 3.8) is 0 Å². The number of amides is 2. The van der Waals surface area contributed by atoms with Crippen LogP contribution in [0.2, 0.25) is 0 Å². The van der Waals surface area contributed by atoms with Crippen molar-refractivity contribution in [3.8, 4) is 17.3 Å². The summed E-state index contributed by atoms with van der Waals surface area (Å²) in [6.07, 6.45) is 6.94. The average Bonchev–Trinajstić information content (AvgIpc) is 3.83. The van der Waals surface area contributed by atoms with Crippen LogP contribution in [0.15, 0.2) is 67.1 Å². The lowest BCUT2D eigenvalue weighted by Crippen LogP contribution is -2.43. The molecule has 0 aliphatic carbocycles. The lowest BCUT2D eigenvalue weighted by molar-refractivity contribution is -0.132. The number of benzene rings is 1. The number of alkyl halides is 2. The normalized spacial score (nSPS) is 19.4. The van der Waals surface area contributed by atoms with Gasteiger partial charge < -0.3 is 20.8 Å². The van der Waals surface area contributed by atoms with E-state index in [1.807, 2.05) is 24.1 Å². The molecule has 258 valence electrons. The predicted octanol–water partition coefficient (Wildman–Crippen LogP) is 3.61. The van der Waals surface area contributed by atoms with Crippen molar-refractivity contribution in [2.75, 3.05) is 49.9 Å². The highest BCUT2D eigenvalue weighted by Crippen LogP contribution is 2.42. The Morgan fingerprint density at radius 1 is 1.04 bits per heavy atom. The second-order valence-electron chi connectivity index (χ2n) is 12.8. The van der Waals surface area contributed by atoms with Crippen LogP contribution in [0.25, 0.3) is 22.4 Å². The highest BCUT2D eigenvalue weighted by Gasteiger charge is 2.51. The van der Waals surface area contributed by atoms with E-state index in [1.54, 1.807) is 28.0 Å². The summed E-state index contributed by atoms with van der Waals surface area (Å²) < 4.78 is 30.9. The first-order chi connectivity index (χ1) is 24.1. The number of nitrogens with zero attached hydrogens (tertiary/aromatic N) is 9. The minimum atomic E-state index is -3.03. The molecule has 7 rings (SSSR count). The molecule has 1 aromatic carbocycles. The van der Waals surface area contributed by atoms with E-state index in [4.69, 9.17) is 5.73 Å². The molecule has 1 atom stereocenters. The molecular weight excluding hydrogens is 646 g/mol. The fourth-order valence-electron chi connectivity index (χ4n) is 6.88. The number of carbonyl (C=O) groups excluding carboxylic acids is 2. The van der Waals surface area contributed by atoms with Crippen molar-refractivity contribution in [3.05, 3.63) is 89.4 Å². The van der Waals surface area contributed by atoms with Crippen molar-refractivity contribution < 1.29 is 23.1 Å². The summed E-state index contributed by atoms with van der Waals surface area (Å²) in [6, 6.07) is 13.9. The predicted molar refractivity (Wildman–Crippen MR) is 182 cm³/mol. The van der Waals surface area contributed by atoms with E-state index >= 15 is 0 Å². The van der Waals surface area contributed by atoms with Crippen molar-refractivity contribution in [2.45, 2.75) is 25.9 Å². The van der Waals surface area contributed by atoms with E-state index in [0.717, 1.165) is 17.5 Å². The maximum absolute atomic E-state index is 13.9. The molecule has 6 heterocycles. The van der Waals surface area contributed by atoms with Gasteiger partial charge in [-0.05, 0) is 60.7 Å². The number of rotatable bonds is 9. The number of hydrogen-bond donors (Lipinski definition) is 1. The Hall–Kier alpha value is -5.57. The van der Waals surface area contributed by atoms with E-state index < -0.39 is 12.0 Å². The molecule has 0 bridgehead atoms. The molecule has 3 aromatic heterocycles. The first-order valence-electron chi connectivity index (χ1n) is 16.3. The summed E-state index contributed by atoms with van der Waals surface area (Å²) in [5.74, 6) is 0.670. The number of halogens is 2. The Labute approximate surface area is 286 Å². The van der Waals surface area contributed by atoms with E-state index in [1.165, 1.54) is 23.9 Å². The van der Waals surface area contributed by atoms with Gasteiger partial charge in [-0.1, -0.05) is 30.3 Å². The Balaban J connectivity index is 0.951. The average molecular weight is 682 g/mol. The Bertz CT molecular complexity index is 1960. The molecule has 0 saturated carbocycles. The molecule has 4 aromatic rings. The van der Waals surface area contributed by atoms with Gasteiger partial charge in [0.25, 0.3) is 0 Å². The van der Waals surface area contributed by atoms with Gasteiger partial charge in [-0.15, -0.1) is 5.71 Å². The molecule has 2 fully saturated rings. The number of likely N-dealkylation sites (tertiary alicyclic amines) is 1. The van der Waals surface area contributed by atoms with Crippen LogP contribution in [-0.4, -0.2) is 97.9 Å². The van der Waals surface area contributed by atoms with Gasteiger partial charge in [0, 0.05) is 51.1 Å². The van der Waals surface area contributed by atoms with Gasteiger partial charge in [0.05, 0.1) is 23.3 Å². The number of nitrogen functional groups attached to an aromatic ring is 1. The summed E-state index contributed by atoms with van der Waals surface area (Å²) in [5, 5.41) is 15.3. The van der Waals surface area contributed by atoms with Crippen LogP contribution in [0.3, 0.4) is 0 Å². The van der Waals surface area contributed by atoms with Gasteiger partial charge in [0.2, 0.25) is 17.7 Å². The van der Waals surface area contributed by atoms with Gasteiger partial charge >= 0.3 is 6.61 Å². The highest BCUT2D eigenvalue weighted by molar-refractivity contribution is 6.16. The first kappa shape index (κ1) is 33.0. The topological polar surface area (TPSA) is 158 Å². The minimum absolute atomic E-state index is 0.0374. The van der Waals surface area contributed by atoms with Crippen LogP contribution in [0.1, 0.15) is 36.1 Å². The third-order valence-corrected chi connectivity index (χ3v) is 9.61. The van der Waals surface area contributed by atoms with Crippen molar-refractivity contribution in [1.82, 2.24) is 34.5 Å². The number of pyridine rings is 2. The van der Waals surface area contributed by atoms with E-state index in [2.05, 4.69) is 47.9 Å². The lowest BCUT2D eigenvalue weighted by atomic mass is 9.85. The fourth-order valence-corrected chi connectivity index (χ4v) is 6.88. The minimum Gasteiger partial charge on any atom is -0.802 e. The van der Waals surface area contributed by atoms with Gasteiger partial charge in [-0.3, -0.25) is 24.1 Å². The standard InChI is InChI=1S/C35H35F2N10O3/c1-44-21-41-32(43-44)24-4-2-22(3-5-24)23-10-14-46(15-11-23)29(48)19-45-16-12-35(20-45)13-17-47(33(35)49)27-8-7-26(38)31(42-27)30(39)25-6-9-28(40-18-25)50-34(36)37/h2-10,18,21,34H,11-17,19-20,38H2,1H3/q-1/t35-/m0/s1. The van der Waals surface area contributed by atoms with E-state index in [9.17, 15) is 23.8 Å². The number of aromatic nitrogens is 5. The fraction of sp³-hybridized carbons (Fsp3) is 0.343. The molecule has 2 N–H and O–H groups in total. The molecule has 0 radical (unpaired) electrons. The number of nitrogens with two attached hydrogens (primary N) is 1. The maximum Gasteiger partial charge on any atom is 0.388 e. The summed E-state index contributed by atoms with van der Waals surface area (Å²) in [6.45, 7) is -0.101. The van der Waals surface area contributed by atoms with Gasteiger partial charge in [0.15, 0.2) is 5.82 Å². The molecule has 0 unspecified atom stereocenters. The third kappa shape index (κ3) is 6.55. The monoisotopic (exact) mass is 681 g/mol. The van der Waals surface area contributed by atoms with Crippen LogP contribution in [0, 0.1) is 5.41 Å². The van der Waals surface area contributed by atoms with Crippen molar-refractivity contribution in [2.24, 2.45) is 12.5 Å². The maximum atomic E-state index is 13.9. The number of carbonyl (C=O) groups is 2. The SMILES string of the molecule is Cn1cnc(-c2ccc(C3=CCN(C(=O)CN4CC[C@]5(CCN(c6ccc(N)c(C(=[N-])c7ccc(OC(F)F)nc7)n6)C5=O)C4)CC3)cc2)n1. The second kappa shape index (κ2) is 13.4. The molecule has 3 aliphatic heterocycles. The molecule has 2 amide bonds. The summed E-state index contributed by atoms with van der Waals surface area (Å²) >= 11 is 0. The molecule has 13 nitrogen and oxygen atoms in total. The summed E-state index contributed by atoms with van der Waals surface area (Å²) in [4.78, 5) is 45.3. The lowest BCUT2D eigenvalue weighted by Gasteiger charge is -2.29. The van der Waals surface area contributed by atoms with Gasteiger partial charge in [0.1, 0.15) is 12.1 Å². The zero-order valence-corrected chi connectivity index (χ0v) is 27.4. The Kier molecular flexibility index (Phi) is 8.82. The Morgan fingerprint density at radius 2 is 1.82 bits per heavy atom. The zero-order chi connectivity index (χ0) is 35.0. The zero-order valence-electron chi connectivity index (χ0n) is 27.4. The number of anilines is 2. The molecule has 2 saturated heterocycles. The molecule has 1 spiro atoms. The van der Waals surface area contributed by atoms with Crippen molar-refractivity contribution in [1.29, 1.82) is 0 Å². The summed E-state index contributed by atoms with van der Waals surface area (Å²) in [5.41, 5.74) is 8.84. The van der Waals surface area contributed by atoms with Gasteiger partial charge in [-0.2, -0.15) is 13.9 Å². The number of ether oxygens (including phenoxy) is 1. The molecule has 50 heavy (non-hydrogen) atoms. The second-order valence-corrected chi connectivity index (χ2v) is 12.8. The largest absolute Gasteiger partial charge is 0.802 e. The molecule has 3 aliphatic rings. The summed E-state index contributed by atoms with van der Waals surface area (Å²) in [7, 11) is 1.84. The van der Waals surface area contributed by atoms with Crippen LogP contribution < -0.4 is 15.4 Å².